The summed E-state index contributed by atoms with van der Waals surface area (Å²) in [5.74, 6) is 0.758. The van der Waals surface area contributed by atoms with Gasteiger partial charge in [0.25, 0.3) is 5.91 Å². The number of benzene rings is 1. The van der Waals surface area contributed by atoms with E-state index < -0.39 is 5.54 Å². The third kappa shape index (κ3) is 5.10. The van der Waals surface area contributed by atoms with Crippen molar-refractivity contribution >= 4 is 5.91 Å². The number of nitriles is 1. The molecule has 1 amide bonds. The normalized spacial score (nSPS) is 16.8. The Kier molecular flexibility index (Phi) is 6.39. The van der Waals surface area contributed by atoms with E-state index >= 15 is 0 Å². The van der Waals surface area contributed by atoms with Crippen molar-refractivity contribution < 1.29 is 14.4 Å². The average molecular weight is 328 g/mol. The van der Waals surface area contributed by atoms with Crippen LogP contribution in [0.5, 0.6) is 5.75 Å². The van der Waals surface area contributed by atoms with Crippen LogP contribution < -0.4 is 15.0 Å². The highest BCUT2D eigenvalue weighted by Crippen LogP contribution is 2.28. The molecule has 24 heavy (non-hydrogen) atoms. The summed E-state index contributed by atoms with van der Waals surface area (Å²) in [5, 5.41) is 12.3. The molecule has 128 valence electrons. The number of likely N-dealkylation sites (N-methyl/N-ethyl adjacent to an activating group) is 1. The zero-order chi connectivity index (χ0) is 17.4. The van der Waals surface area contributed by atoms with E-state index in [1.165, 1.54) is 0 Å². The van der Waals surface area contributed by atoms with Gasteiger partial charge in [0.15, 0.2) is 6.54 Å². The SMILES string of the molecule is C=CCOc1ccc(C[NH+](C)CC(=O)NC2(C#N)CCCC2)cc1. The van der Waals surface area contributed by atoms with Gasteiger partial charge in [0, 0.05) is 5.56 Å². The minimum atomic E-state index is -0.637. The summed E-state index contributed by atoms with van der Waals surface area (Å²) in [5.41, 5.74) is 0.503. The first-order chi connectivity index (χ1) is 11.6. The molecule has 0 aromatic heterocycles. The Hall–Kier alpha value is -2.32. The Morgan fingerprint density at radius 1 is 1.42 bits per heavy atom. The van der Waals surface area contributed by atoms with Crippen molar-refractivity contribution in [2.24, 2.45) is 0 Å². The molecular formula is C19H26N3O2+. The topological polar surface area (TPSA) is 66.6 Å². The maximum absolute atomic E-state index is 12.2. The lowest BCUT2D eigenvalue weighted by atomic mass is 10.00. The van der Waals surface area contributed by atoms with Gasteiger partial charge in [0.05, 0.1) is 13.1 Å². The quantitative estimate of drug-likeness (QED) is 0.705. The Bertz CT molecular complexity index is 598. The zero-order valence-corrected chi connectivity index (χ0v) is 14.3. The van der Waals surface area contributed by atoms with Crippen LogP contribution in [0.4, 0.5) is 0 Å². The fraction of sp³-hybridized carbons (Fsp3) is 0.474. The van der Waals surface area contributed by atoms with E-state index in [0.717, 1.165) is 48.4 Å². The highest BCUT2D eigenvalue weighted by atomic mass is 16.5. The number of hydrogen-bond donors (Lipinski definition) is 2. The van der Waals surface area contributed by atoms with Gasteiger partial charge >= 0.3 is 0 Å². The fourth-order valence-corrected chi connectivity index (χ4v) is 3.10. The van der Waals surface area contributed by atoms with Crippen LogP contribution in [0.2, 0.25) is 0 Å². The number of nitrogens with one attached hydrogen (secondary N) is 2. The summed E-state index contributed by atoms with van der Waals surface area (Å²) in [4.78, 5) is 13.3. The van der Waals surface area contributed by atoms with Crippen molar-refractivity contribution in [2.75, 3.05) is 20.2 Å². The van der Waals surface area contributed by atoms with Gasteiger partial charge < -0.3 is 15.0 Å². The molecular weight excluding hydrogens is 302 g/mol. The average Bonchev–Trinajstić information content (AvgIpc) is 3.03. The second kappa shape index (κ2) is 8.51. The molecule has 1 aliphatic carbocycles. The first kappa shape index (κ1) is 18.0. The maximum Gasteiger partial charge on any atom is 0.276 e. The number of hydrogen-bond acceptors (Lipinski definition) is 3. The van der Waals surface area contributed by atoms with Crippen molar-refractivity contribution in [1.29, 1.82) is 5.26 Å². The highest BCUT2D eigenvalue weighted by Gasteiger charge is 2.35. The first-order valence-corrected chi connectivity index (χ1v) is 8.43. The van der Waals surface area contributed by atoms with Crippen molar-refractivity contribution in [3.63, 3.8) is 0 Å². The van der Waals surface area contributed by atoms with E-state index in [0.29, 0.717) is 13.2 Å². The molecule has 0 aliphatic heterocycles. The Morgan fingerprint density at radius 3 is 2.67 bits per heavy atom. The third-order valence-corrected chi connectivity index (χ3v) is 4.31. The number of carbonyl (C=O) groups is 1. The molecule has 1 aromatic carbocycles. The van der Waals surface area contributed by atoms with Gasteiger partial charge in [0.2, 0.25) is 0 Å². The van der Waals surface area contributed by atoms with Crippen molar-refractivity contribution in [3.8, 4) is 11.8 Å². The summed E-state index contributed by atoms with van der Waals surface area (Å²) in [6.07, 6.45) is 5.26. The maximum atomic E-state index is 12.2. The predicted octanol–water partition coefficient (Wildman–Crippen LogP) is 1.22. The molecule has 1 atom stereocenters. The van der Waals surface area contributed by atoms with Crippen LogP contribution in [0.15, 0.2) is 36.9 Å². The first-order valence-electron chi connectivity index (χ1n) is 8.43. The van der Waals surface area contributed by atoms with Crippen LogP contribution in [-0.2, 0) is 11.3 Å². The van der Waals surface area contributed by atoms with Crippen molar-refractivity contribution in [2.45, 2.75) is 37.8 Å². The minimum Gasteiger partial charge on any atom is -0.490 e. The summed E-state index contributed by atoms with van der Waals surface area (Å²) in [6.45, 7) is 5.22. The minimum absolute atomic E-state index is 0.0538. The molecule has 5 heteroatoms. The molecule has 2 rings (SSSR count). The smallest absolute Gasteiger partial charge is 0.276 e. The number of rotatable bonds is 8. The fourth-order valence-electron chi connectivity index (χ4n) is 3.10. The van der Waals surface area contributed by atoms with E-state index in [-0.39, 0.29) is 5.91 Å². The second-order valence-electron chi connectivity index (χ2n) is 6.50. The lowest BCUT2D eigenvalue weighted by Crippen LogP contribution is -3.09. The lowest BCUT2D eigenvalue weighted by molar-refractivity contribution is -0.885. The number of nitrogens with zero attached hydrogens (tertiary/aromatic N) is 1. The van der Waals surface area contributed by atoms with Crippen LogP contribution in [-0.4, -0.2) is 31.6 Å². The highest BCUT2D eigenvalue weighted by molar-refractivity contribution is 5.78. The third-order valence-electron chi connectivity index (χ3n) is 4.31. The van der Waals surface area contributed by atoms with Crippen LogP contribution in [0, 0.1) is 11.3 Å². The molecule has 0 bridgehead atoms. The summed E-state index contributed by atoms with van der Waals surface area (Å²) >= 11 is 0. The molecule has 2 N–H and O–H groups in total. The van der Waals surface area contributed by atoms with Gasteiger partial charge in [-0.2, -0.15) is 5.26 Å². The largest absolute Gasteiger partial charge is 0.490 e. The molecule has 1 unspecified atom stereocenters. The van der Waals surface area contributed by atoms with E-state index in [1.54, 1.807) is 6.08 Å². The van der Waals surface area contributed by atoms with E-state index in [4.69, 9.17) is 4.74 Å². The van der Waals surface area contributed by atoms with Gasteiger partial charge in [-0.3, -0.25) is 4.79 Å². The summed E-state index contributed by atoms with van der Waals surface area (Å²) in [6, 6.07) is 10.2. The van der Waals surface area contributed by atoms with E-state index in [9.17, 15) is 10.1 Å². The molecule has 0 spiro atoms. The summed E-state index contributed by atoms with van der Waals surface area (Å²) in [7, 11) is 1.98. The number of amides is 1. The van der Waals surface area contributed by atoms with E-state index in [1.807, 2.05) is 31.3 Å². The molecule has 0 radical (unpaired) electrons. The molecule has 1 fully saturated rings. The van der Waals surface area contributed by atoms with Crippen LogP contribution in [0.25, 0.3) is 0 Å². The molecule has 5 nitrogen and oxygen atoms in total. The monoisotopic (exact) mass is 328 g/mol. The molecule has 1 saturated carbocycles. The number of carbonyl (C=O) groups excluding carboxylic acids is 1. The zero-order valence-electron chi connectivity index (χ0n) is 14.3. The van der Waals surface area contributed by atoms with Gasteiger partial charge in [-0.25, -0.2) is 0 Å². The number of quaternary nitrogens is 1. The van der Waals surface area contributed by atoms with Crippen LogP contribution in [0.1, 0.15) is 31.2 Å². The van der Waals surface area contributed by atoms with Crippen LogP contribution >= 0.6 is 0 Å². The van der Waals surface area contributed by atoms with Crippen molar-refractivity contribution in [1.82, 2.24) is 5.32 Å². The Labute approximate surface area is 143 Å². The Balaban J connectivity index is 1.82. The predicted molar refractivity (Wildman–Crippen MR) is 92.5 cm³/mol. The van der Waals surface area contributed by atoms with Crippen LogP contribution in [0.3, 0.4) is 0 Å². The number of ether oxygens (including phenoxy) is 1. The van der Waals surface area contributed by atoms with Gasteiger partial charge in [-0.1, -0.05) is 12.7 Å². The molecule has 1 aromatic rings. The second-order valence-corrected chi connectivity index (χ2v) is 6.50. The summed E-state index contributed by atoms with van der Waals surface area (Å²) < 4.78 is 5.46. The molecule has 1 aliphatic rings. The van der Waals surface area contributed by atoms with E-state index in [2.05, 4.69) is 18.0 Å². The molecule has 0 saturated heterocycles. The van der Waals surface area contributed by atoms with Gasteiger partial charge in [-0.15, -0.1) is 0 Å². The van der Waals surface area contributed by atoms with Gasteiger partial charge in [0.1, 0.15) is 24.4 Å². The lowest BCUT2D eigenvalue weighted by Gasteiger charge is -2.23. The Morgan fingerprint density at radius 2 is 2.08 bits per heavy atom. The van der Waals surface area contributed by atoms with Crippen molar-refractivity contribution in [3.05, 3.63) is 42.5 Å². The standard InChI is InChI=1S/C19H25N3O2/c1-3-12-24-17-8-6-16(7-9-17)13-22(2)14-18(23)21-19(15-20)10-4-5-11-19/h3,6-9H,1,4-5,10-14H2,2H3,(H,21,23)/p+1. The molecule has 0 heterocycles. The van der Waals surface area contributed by atoms with Gasteiger partial charge in [-0.05, 0) is 49.9 Å².